The first-order valence-electron chi connectivity index (χ1n) is 6.11. The molecule has 1 unspecified atom stereocenters. The number of nitrogens with two attached hydrogens (primary N) is 1. The third kappa shape index (κ3) is 3.13. The second-order valence-corrected chi connectivity index (χ2v) is 6.69. The van der Waals surface area contributed by atoms with E-state index in [-0.39, 0.29) is 35.3 Å². The van der Waals surface area contributed by atoms with Crippen LogP contribution in [0.3, 0.4) is 0 Å². The van der Waals surface area contributed by atoms with Crippen LogP contribution in [0.4, 0.5) is 5.69 Å². The number of ether oxygens (including phenoxy) is 2. The van der Waals surface area contributed by atoms with Gasteiger partial charge in [-0.2, -0.15) is 4.31 Å². The Hall–Kier alpha value is -1.35. The molecular weight excluding hydrogens is 320 g/mol. The fourth-order valence-corrected chi connectivity index (χ4v) is 4.10. The van der Waals surface area contributed by atoms with Gasteiger partial charge in [0.05, 0.1) is 31.0 Å². The van der Waals surface area contributed by atoms with Crippen molar-refractivity contribution in [1.82, 2.24) is 4.31 Å². The summed E-state index contributed by atoms with van der Waals surface area (Å²) in [5.74, 6) is -0.623. The van der Waals surface area contributed by atoms with Crippen molar-refractivity contribution in [3.05, 3.63) is 23.2 Å². The van der Waals surface area contributed by atoms with E-state index < -0.39 is 22.1 Å². The largest absolute Gasteiger partial charge is 0.467 e. The molecule has 2 N–H and O–H groups in total. The molecule has 21 heavy (non-hydrogen) atoms. The molecule has 1 atom stereocenters. The lowest BCUT2D eigenvalue weighted by Gasteiger charge is -2.31. The van der Waals surface area contributed by atoms with Gasteiger partial charge in [0.15, 0.2) is 6.10 Å². The van der Waals surface area contributed by atoms with Gasteiger partial charge in [0, 0.05) is 6.54 Å². The van der Waals surface area contributed by atoms with Crippen LogP contribution >= 0.6 is 11.6 Å². The topological polar surface area (TPSA) is 98.9 Å². The summed E-state index contributed by atoms with van der Waals surface area (Å²) in [7, 11) is -2.70. The molecular formula is C12H15ClN2O5S. The average molecular weight is 335 g/mol. The van der Waals surface area contributed by atoms with Gasteiger partial charge in [-0.25, -0.2) is 13.2 Å². The highest BCUT2D eigenvalue weighted by Crippen LogP contribution is 2.30. The minimum absolute atomic E-state index is 0.0381. The number of hydrogen-bond acceptors (Lipinski definition) is 6. The molecule has 116 valence electrons. The number of nitrogen functional groups attached to an aromatic ring is 1. The predicted octanol–water partition coefficient (Wildman–Crippen LogP) is 0.485. The number of anilines is 1. The lowest BCUT2D eigenvalue weighted by molar-refractivity contribution is -0.157. The number of esters is 1. The molecule has 1 fully saturated rings. The number of hydrogen-bond donors (Lipinski definition) is 1. The van der Waals surface area contributed by atoms with Crippen LogP contribution in [0.1, 0.15) is 0 Å². The van der Waals surface area contributed by atoms with Gasteiger partial charge in [0.1, 0.15) is 4.90 Å². The van der Waals surface area contributed by atoms with Crippen molar-refractivity contribution in [2.24, 2.45) is 0 Å². The van der Waals surface area contributed by atoms with E-state index >= 15 is 0 Å². The lowest BCUT2D eigenvalue weighted by Crippen LogP contribution is -2.48. The highest BCUT2D eigenvalue weighted by molar-refractivity contribution is 7.89. The first-order valence-corrected chi connectivity index (χ1v) is 7.93. The highest BCUT2D eigenvalue weighted by atomic mass is 35.5. The molecule has 0 aliphatic carbocycles. The van der Waals surface area contributed by atoms with Crippen LogP contribution < -0.4 is 5.73 Å². The first kappa shape index (κ1) is 16.0. The van der Waals surface area contributed by atoms with Crippen LogP contribution in [-0.2, 0) is 24.3 Å². The van der Waals surface area contributed by atoms with Crippen molar-refractivity contribution < 1.29 is 22.7 Å². The van der Waals surface area contributed by atoms with Gasteiger partial charge in [0.2, 0.25) is 10.0 Å². The van der Waals surface area contributed by atoms with Crippen LogP contribution in [0.25, 0.3) is 0 Å². The zero-order valence-electron chi connectivity index (χ0n) is 11.3. The molecule has 0 radical (unpaired) electrons. The number of methoxy groups -OCH3 is 1. The van der Waals surface area contributed by atoms with Gasteiger partial charge in [-0.1, -0.05) is 17.7 Å². The fourth-order valence-electron chi connectivity index (χ4n) is 2.04. The van der Waals surface area contributed by atoms with E-state index in [2.05, 4.69) is 4.74 Å². The summed E-state index contributed by atoms with van der Waals surface area (Å²) in [4.78, 5) is 11.3. The molecule has 1 aliphatic rings. The van der Waals surface area contributed by atoms with Gasteiger partial charge in [0.25, 0.3) is 0 Å². The highest BCUT2D eigenvalue weighted by Gasteiger charge is 2.36. The van der Waals surface area contributed by atoms with Gasteiger partial charge < -0.3 is 15.2 Å². The molecule has 1 aromatic carbocycles. The zero-order valence-corrected chi connectivity index (χ0v) is 12.9. The molecule has 1 aliphatic heterocycles. The maximum atomic E-state index is 12.6. The van der Waals surface area contributed by atoms with E-state index in [0.29, 0.717) is 0 Å². The molecule has 1 aromatic rings. The number of benzene rings is 1. The summed E-state index contributed by atoms with van der Waals surface area (Å²) in [5, 5.41) is 0.0381. The lowest BCUT2D eigenvalue weighted by atomic mass is 10.3. The fraction of sp³-hybridized carbons (Fsp3) is 0.417. The van der Waals surface area contributed by atoms with Gasteiger partial charge in [-0.05, 0) is 12.1 Å². The summed E-state index contributed by atoms with van der Waals surface area (Å²) in [5.41, 5.74) is 5.78. The van der Waals surface area contributed by atoms with E-state index in [0.717, 1.165) is 4.31 Å². The Morgan fingerprint density at radius 1 is 1.52 bits per heavy atom. The second kappa shape index (κ2) is 6.18. The minimum atomic E-state index is -3.91. The maximum absolute atomic E-state index is 12.6. The average Bonchev–Trinajstić information content (AvgIpc) is 2.46. The van der Waals surface area contributed by atoms with Crippen LogP contribution in [-0.4, -0.2) is 51.6 Å². The van der Waals surface area contributed by atoms with Gasteiger partial charge >= 0.3 is 5.97 Å². The van der Waals surface area contributed by atoms with E-state index in [1.807, 2.05) is 0 Å². The Morgan fingerprint density at radius 3 is 2.86 bits per heavy atom. The summed E-state index contributed by atoms with van der Waals surface area (Å²) < 4.78 is 36.2. The van der Waals surface area contributed by atoms with Crippen LogP contribution in [0.2, 0.25) is 5.02 Å². The summed E-state index contributed by atoms with van der Waals surface area (Å²) in [6.07, 6.45) is -0.956. The number of nitrogens with zero attached hydrogens (tertiary/aromatic N) is 1. The first-order chi connectivity index (χ1) is 9.87. The Bertz CT molecular complexity index is 629. The Balaban J connectivity index is 2.33. The molecule has 0 aromatic heterocycles. The minimum Gasteiger partial charge on any atom is -0.467 e. The molecule has 0 bridgehead atoms. The molecule has 7 nitrogen and oxygen atoms in total. The smallest absolute Gasteiger partial charge is 0.336 e. The molecule has 1 saturated heterocycles. The number of carbonyl (C=O) groups excluding carboxylic acids is 1. The summed E-state index contributed by atoms with van der Waals surface area (Å²) in [6.45, 7) is 0.0590. The van der Waals surface area contributed by atoms with E-state index in [1.165, 1.54) is 19.2 Å². The normalized spacial score (nSPS) is 20.2. The maximum Gasteiger partial charge on any atom is 0.336 e. The van der Waals surface area contributed by atoms with Gasteiger partial charge in [-0.15, -0.1) is 0 Å². The molecule has 1 heterocycles. The van der Waals surface area contributed by atoms with Gasteiger partial charge in [-0.3, -0.25) is 0 Å². The SMILES string of the molecule is COC(=O)C1CN(S(=O)(=O)c2c(N)cccc2Cl)CCO1. The van der Waals surface area contributed by atoms with E-state index in [4.69, 9.17) is 22.1 Å². The Labute approximate surface area is 127 Å². The van der Waals surface area contributed by atoms with Crippen molar-refractivity contribution in [2.75, 3.05) is 32.5 Å². The zero-order chi connectivity index (χ0) is 15.6. The summed E-state index contributed by atoms with van der Waals surface area (Å²) in [6, 6.07) is 4.47. The van der Waals surface area contributed by atoms with Crippen LogP contribution in [0.5, 0.6) is 0 Å². The van der Waals surface area contributed by atoms with Crippen molar-refractivity contribution in [3.63, 3.8) is 0 Å². The molecule has 0 saturated carbocycles. The number of carbonyl (C=O) groups is 1. The summed E-state index contributed by atoms with van der Waals surface area (Å²) >= 11 is 5.95. The number of morpholine rings is 1. The van der Waals surface area contributed by atoms with Crippen molar-refractivity contribution in [2.45, 2.75) is 11.0 Å². The Morgan fingerprint density at radius 2 is 2.24 bits per heavy atom. The van der Waals surface area contributed by atoms with E-state index in [9.17, 15) is 13.2 Å². The monoisotopic (exact) mass is 334 g/mol. The van der Waals surface area contributed by atoms with Crippen molar-refractivity contribution in [3.8, 4) is 0 Å². The molecule has 0 amide bonds. The standard InChI is InChI=1S/C12H15ClN2O5S/c1-19-12(16)10-7-15(5-6-20-10)21(17,18)11-8(13)3-2-4-9(11)14/h2-4,10H,5-7,14H2,1H3. The molecule has 2 rings (SSSR count). The second-order valence-electron chi connectivity index (χ2n) is 4.40. The Kier molecular flexibility index (Phi) is 4.72. The molecule has 0 spiro atoms. The molecule has 9 heteroatoms. The number of halogens is 1. The number of rotatable bonds is 3. The number of sulfonamides is 1. The third-order valence-corrected chi connectivity index (χ3v) is 5.50. The van der Waals surface area contributed by atoms with Crippen molar-refractivity contribution in [1.29, 1.82) is 0 Å². The van der Waals surface area contributed by atoms with Crippen LogP contribution in [0, 0.1) is 0 Å². The van der Waals surface area contributed by atoms with E-state index in [1.54, 1.807) is 6.07 Å². The predicted molar refractivity (Wildman–Crippen MR) is 76.4 cm³/mol. The van der Waals surface area contributed by atoms with Crippen LogP contribution in [0.15, 0.2) is 23.1 Å². The quantitative estimate of drug-likeness (QED) is 0.638. The van der Waals surface area contributed by atoms with Crippen molar-refractivity contribution >= 4 is 33.3 Å². The third-order valence-electron chi connectivity index (χ3n) is 3.09.